The van der Waals surface area contributed by atoms with Crippen molar-refractivity contribution in [1.82, 2.24) is 0 Å². The molecule has 0 aliphatic carbocycles. The predicted molar refractivity (Wildman–Crippen MR) is 87.8 cm³/mol. The van der Waals surface area contributed by atoms with Crippen LogP contribution in [0.5, 0.6) is 5.75 Å². The Balaban J connectivity index is 2.33. The van der Waals surface area contributed by atoms with Crippen molar-refractivity contribution in [3.8, 4) is 5.75 Å². The molecule has 2 aromatic carbocycles. The van der Waals surface area contributed by atoms with Crippen molar-refractivity contribution in [1.29, 1.82) is 0 Å². The van der Waals surface area contributed by atoms with E-state index in [4.69, 9.17) is 33.7 Å². The molecule has 2 rings (SSSR count). The molecule has 2 aromatic rings. The first kappa shape index (κ1) is 15.6. The van der Waals surface area contributed by atoms with Crippen molar-refractivity contribution < 1.29 is 4.74 Å². The Morgan fingerprint density at radius 2 is 1.75 bits per heavy atom. The highest BCUT2D eigenvalue weighted by molar-refractivity contribution is 9.10. The molecule has 1 unspecified atom stereocenters. The number of benzene rings is 2. The molecular formula is C15H14BrCl2NO. The van der Waals surface area contributed by atoms with Gasteiger partial charge in [0.05, 0.1) is 17.1 Å². The number of rotatable bonds is 4. The summed E-state index contributed by atoms with van der Waals surface area (Å²) in [5.74, 6) is 0.799. The van der Waals surface area contributed by atoms with Gasteiger partial charge in [-0.1, -0.05) is 29.3 Å². The fourth-order valence-electron chi connectivity index (χ4n) is 1.93. The van der Waals surface area contributed by atoms with E-state index >= 15 is 0 Å². The van der Waals surface area contributed by atoms with Crippen LogP contribution in [0.25, 0.3) is 0 Å². The molecule has 106 valence electrons. The minimum Gasteiger partial charge on any atom is -0.493 e. The monoisotopic (exact) mass is 373 g/mol. The van der Waals surface area contributed by atoms with E-state index in [2.05, 4.69) is 15.9 Å². The van der Waals surface area contributed by atoms with E-state index < -0.39 is 0 Å². The van der Waals surface area contributed by atoms with Crippen LogP contribution in [0, 0.1) is 0 Å². The Morgan fingerprint density at radius 3 is 2.30 bits per heavy atom. The lowest BCUT2D eigenvalue weighted by Gasteiger charge is -2.15. The van der Waals surface area contributed by atoms with Crippen LogP contribution in [0.3, 0.4) is 0 Å². The molecule has 0 fully saturated rings. The molecule has 0 saturated heterocycles. The van der Waals surface area contributed by atoms with Crippen molar-refractivity contribution >= 4 is 39.1 Å². The molecule has 0 bridgehead atoms. The Kier molecular flexibility index (Phi) is 5.33. The number of hydrogen-bond donors (Lipinski definition) is 1. The van der Waals surface area contributed by atoms with E-state index in [0.717, 1.165) is 21.3 Å². The third-order valence-electron chi connectivity index (χ3n) is 2.86. The lowest BCUT2D eigenvalue weighted by atomic mass is 9.99. The molecule has 20 heavy (non-hydrogen) atoms. The van der Waals surface area contributed by atoms with Crippen molar-refractivity contribution in [2.24, 2.45) is 5.73 Å². The van der Waals surface area contributed by atoms with Crippen molar-refractivity contribution in [2.75, 3.05) is 6.61 Å². The largest absolute Gasteiger partial charge is 0.493 e. The van der Waals surface area contributed by atoms with E-state index in [0.29, 0.717) is 16.7 Å². The normalized spacial score (nSPS) is 12.2. The van der Waals surface area contributed by atoms with Gasteiger partial charge in [0.2, 0.25) is 0 Å². The van der Waals surface area contributed by atoms with Crippen LogP contribution < -0.4 is 10.5 Å². The highest BCUT2D eigenvalue weighted by Crippen LogP contribution is 2.31. The zero-order chi connectivity index (χ0) is 14.7. The molecule has 0 aromatic heterocycles. The summed E-state index contributed by atoms with van der Waals surface area (Å²) < 4.78 is 6.36. The molecule has 0 aliphatic heterocycles. The number of nitrogens with two attached hydrogens (primary N) is 1. The lowest BCUT2D eigenvalue weighted by Crippen LogP contribution is -2.12. The second kappa shape index (κ2) is 6.81. The third kappa shape index (κ3) is 3.67. The molecule has 0 spiro atoms. The number of halogens is 3. The van der Waals surface area contributed by atoms with E-state index in [1.807, 2.05) is 37.3 Å². The van der Waals surface area contributed by atoms with Crippen LogP contribution in [-0.4, -0.2) is 6.61 Å². The van der Waals surface area contributed by atoms with Crippen LogP contribution in [0.4, 0.5) is 0 Å². The number of ether oxygens (including phenoxy) is 1. The fraction of sp³-hybridized carbons (Fsp3) is 0.200. The van der Waals surface area contributed by atoms with Gasteiger partial charge in [-0.3, -0.25) is 0 Å². The van der Waals surface area contributed by atoms with Gasteiger partial charge in [0.1, 0.15) is 5.75 Å². The molecular weight excluding hydrogens is 361 g/mol. The van der Waals surface area contributed by atoms with Gasteiger partial charge in [0.15, 0.2) is 0 Å². The Morgan fingerprint density at radius 1 is 1.10 bits per heavy atom. The van der Waals surface area contributed by atoms with Gasteiger partial charge in [-0.2, -0.15) is 0 Å². The maximum atomic E-state index is 6.27. The lowest BCUT2D eigenvalue weighted by molar-refractivity contribution is 0.338. The predicted octanol–water partition coefficient (Wildman–Crippen LogP) is 5.20. The van der Waals surface area contributed by atoms with Crippen molar-refractivity contribution in [3.63, 3.8) is 0 Å². The first-order valence-corrected chi connectivity index (χ1v) is 7.70. The molecule has 0 saturated carbocycles. The zero-order valence-electron chi connectivity index (χ0n) is 10.9. The summed E-state index contributed by atoms with van der Waals surface area (Å²) in [5.41, 5.74) is 8.10. The van der Waals surface area contributed by atoms with Crippen LogP contribution in [0.2, 0.25) is 10.0 Å². The second-order valence-electron chi connectivity index (χ2n) is 4.30. The van der Waals surface area contributed by atoms with Crippen molar-refractivity contribution in [2.45, 2.75) is 13.0 Å². The topological polar surface area (TPSA) is 35.2 Å². The molecule has 0 radical (unpaired) electrons. The smallest absolute Gasteiger partial charge is 0.133 e. The first-order chi connectivity index (χ1) is 9.51. The van der Waals surface area contributed by atoms with Crippen LogP contribution >= 0.6 is 39.1 Å². The van der Waals surface area contributed by atoms with Gasteiger partial charge in [0, 0.05) is 10.0 Å². The summed E-state index contributed by atoms with van der Waals surface area (Å²) in [4.78, 5) is 0. The summed E-state index contributed by atoms with van der Waals surface area (Å²) in [7, 11) is 0. The van der Waals surface area contributed by atoms with Gasteiger partial charge < -0.3 is 10.5 Å². The molecule has 0 amide bonds. The Bertz CT molecular complexity index is 599. The average Bonchev–Trinajstić information content (AvgIpc) is 2.39. The summed E-state index contributed by atoms with van der Waals surface area (Å²) in [6.07, 6.45) is 0. The maximum Gasteiger partial charge on any atom is 0.133 e. The molecule has 5 heteroatoms. The first-order valence-electron chi connectivity index (χ1n) is 6.15. The van der Waals surface area contributed by atoms with E-state index in [1.165, 1.54) is 0 Å². The van der Waals surface area contributed by atoms with Crippen LogP contribution in [-0.2, 0) is 0 Å². The highest BCUT2D eigenvalue weighted by Gasteiger charge is 2.12. The second-order valence-corrected chi connectivity index (χ2v) is 6.03. The van der Waals surface area contributed by atoms with E-state index in [1.54, 1.807) is 6.07 Å². The Labute approximate surface area is 137 Å². The fourth-order valence-corrected chi connectivity index (χ4v) is 2.98. The summed E-state index contributed by atoms with van der Waals surface area (Å²) in [6, 6.07) is 10.8. The third-order valence-corrected chi connectivity index (χ3v) is 3.92. The van der Waals surface area contributed by atoms with Gasteiger partial charge in [-0.05, 0) is 64.3 Å². The number of hydrogen-bond acceptors (Lipinski definition) is 2. The Hall–Kier alpha value is -0.740. The van der Waals surface area contributed by atoms with Crippen LogP contribution in [0.1, 0.15) is 24.1 Å². The van der Waals surface area contributed by atoms with Gasteiger partial charge in [-0.15, -0.1) is 0 Å². The van der Waals surface area contributed by atoms with Crippen LogP contribution in [0.15, 0.2) is 40.9 Å². The molecule has 0 heterocycles. The van der Waals surface area contributed by atoms with Gasteiger partial charge in [-0.25, -0.2) is 0 Å². The summed E-state index contributed by atoms with van der Waals surface area (Å²) in [5, 5.41) is 1.15. The van der Waals surface area contributed by atoms with Gasteiger partial charge in [0.25, 0.3) is 0 Å². The molecule has 2 N–H and O–H groups in total. The maximum absolute atomic E-state index is 6.27. The molecule has 1 atom stereocenters. The van der Waals surface area contributed by atoms with E-state index in [-0.39, 0.29) is 6.04 Å². The van der Waals surface area contributed by atoms with E-state index in [9.17, 15) is 0 Å². The minimum atomic E-state index is -0.293. The standard InChI is InChI=1S/C15H14BrCl2NO/c1-2-20-14-4-3-9(7-13(14)16)15(19)10-5-11(17)8-12(18)6-10/h3-8,15H,2,19H2,1H3. The SMILES string of the molecule is CCOc1ccc(C(N)c2cc(Cl)cc(Cl)c2)cc1Br. The molecule has 2 nitrogen and oxygen atoms in total. The van der Waals surface area contributed by atoms with Gasteiger partial charge >= 0.3 is 0 Å². The molecule has 0 aliphatic rings. The quantitative estimate of drug-likeness (QED) is 0.797. The summed E-state index contributed by atoms with van der Waals surface area (Å²) >= 11 is 15.5. The minimum absolute atomic E-state index is 0.293. The highest BCUT2D eigenvalue weighted by atomic mass is 79.9. The average molecular weight is 375 g/mol. The summed E-state index contributed by atoms with van der Waals surface area (Å²) in [6.45, 7) is 2.56. The van der Waals surface area contributed by atoms with Crippen molar-refractivity contribution in [3.05, 3.63) is 62.0 Å². The zero-order valence-corrected chi connectivity index (χ0v) is 14.0.